The number of nitrogens with one attached hydrogen (secondary N) is 1. The van der Waals surface area contributed by atoms with E-state index in [0.29, 0.717) is 0 Å². The first-order chi connectivity index (χ1) is 11.8. The van der Waals surface area contributed by atoms with Crippen molar-refractivity contribution in [2.45, 2.75) is 51.6 Å². The number of imide groups is 1. The van der Waals surface area contributed by atoms with Crippen LogP contribution in [0.25, 0.3) is 0 Å². The SMILES string of the molecule is CC(C)N1C(=O)N[C@](C)([C@@H]2CCCN(CCc3cnn(C)c3)C2)C1=O. The van der Waals surface area contributed by atoms with E-state index in [4.69, 9.17) is 0 Å². The fourth-order valence-electron chi connectivity index (χ4n) is 4.04. The summed E-state index contributed by atoms with van der Waals surface area (Å²) in [5.41, 5.74) is 0.445. The Morgan fingerprint density at radius 3 is 2.76 bits per heavy atom. The molecule has 2 aliphatic heterocycles. The van der Waals surface area contributed by atoms with Gasteiger partial charge in [0.25, 0.3) is 5.91 Å². The quantitative estimate of drug-likeness (QED) is 0.817. The Bertz CT molecular complexity index is 656. The molecule has 3 heterocycles. The van der Waals surface area contributed by atoms with E-state index in [0.717, 1.165) is 38.9 Å². The first kappa shape index (κ1) is 17.9. The number of aromatic nitrogens is 2. The van der Waals surface area contributed by atoms with Crippen LogP contribution in [0.4, 0.5) is 4.79 Å². The molecular formula is C18H29N5O2. The number of hydrogen-bond acceptors (Lipinski definition) is 4. The lowest BCUT2D eigenvalue weighted by Gasteiger charge is -2.40. The molecule has 1 N–H and O–H groups in total. The third kappa shape index (κ3) is 3.42. The van der Waals surface area contributed by atoms with Gasteiger partial charge in [-0.3, -0.25) is 14.4 Å². The number of aryl methyl sites for hydroxylation is 1. The predicted octanol–water partition coefficient (Wildman–Crippen LogP) is 1.39. The van der Waals surface area contributed by atoms with Gasteiger partial charge in [0.1, 0.15) is 5.54 Å². The molecule has 138 valence electrons. The van der Waals surface area contributed by atoms with Crippen molar-refractivity contribution >= 4 is 11.9 Å². The minimum atomic E-state index is -0.783. The Kier molecular flexibility index (Phi) is 4.86. The van der Waals surface area contributed by atoms with Crippen LogP contribution in [0, 0.1) is 5.92 Å². The molecule has 0 aliphatic carbocycles. The van der Waals surface area contributed by atoms with Crippen LogP contribution in [0.5, 0.6) is 0 Å². The molecule has 2 aliphatic rings. The molecule has 2 saturated heterocycles. The van der Waals surface area contributed by atoms with E-state index in [1.165, 1.54) is 10.5 Å². The molecule has 0 radical (unpaired) electrons. The second-order valence-electron chi connectivity index (χ2n) is 7.81. The molecule has 0 aromatic carbocycles. The fraction of sp³-hybridized carbons (Fsp3) is 0.722. The lowest BCUT2D eigenvalue weighted by atomic mass is 9.79. The number of rotatable bonds is 5. The first-order valence-corrected chi connectivity index (χ1v) is 9.17. The van der Waals surface area contributed by atoms with E-state index in [-0.39, 0.29) is 23.9 Å². The summed E-state index contributed by atoms with van der Waals surface area (Å²) in [5, 5.41) is 7.19. The Balaban J connectivity index is 1.64. The van der Waals surface area contributed by atoms with Crippen molar-refractivity contribution in [1.82, 2.24) is 24.9 Å². The Morgan fingerprint density at radius 1 is 1.40 bits per heavy atom. The highest BCUT2D eigenvalue weighted by Crippen LogP contribution is 2.33. The molecule has 7 nitrogen and oxygen atoms in total. The Hall–Kier alpha value is -1.89. The summed E-state index contributed by atoms with van der Waals surface area (Å²) in [7, 11) is 1.93. The van der Waals surface area contributed by atoms with Gasteiger partial charge >= 0.3 is 6.03 Å². The molecule has 2 fully saturated rings. The van der Waals surface area contributed by atoms with Crippen molar-refractivity contribution < 1.29 is 9.59 Å². The lowest BCUT2D eigenvalue weighted by molar-refractivity contribution is -0.134. The van der Waals surface area contributed by atoms with Crippen LogP contribution in [-0.2, 0) is 18.3 Å². The monoisotopic (exact) mass is 347 g/mol. The summed E-state index contributed by atoms with van der Waals surface area (Å²) in [6, 6.07) is -0.366. The van der Waals surface area contributed by atoms with E-state index in [9.17, 15) is 9.59 Å². The number of hydrogen-bond donors (Lipinski definition) is 1. The molecular weight excluding hydrogens is 318 g/mol. The van der Waals surface area contributed by atoms with Crippen LogP contribution < -0.4 is 5.32 Å². The first-order valence-electron chi connectivity index (χ1n) is 9.17. The zero-order valence-electron chi connectivity index (χ0n) is 15.7. The fourth-order valence-corrected chi connectivity index (χ4v) is 4.04. The summed E-state index contributed by atoms with van der Waals surface area (Å²) < 4.78 is 1.82. The molecule has 0 saturated carbocycles. The molecule has 0 spiro atoms. The number of amides is 3. The smallest absolute Gasteiger partial charge is 0.323 e. The van der Waals surface area contributed by atoms with Crippen LogP contribution in [0.1, 0.15) is 39.2 Å². The lowest BCUT2D eigenvalue weighted by Crippen LogP contribution is -2.56. The van der Waals surface area contributed by atoms with Crippen LogP contribution in [0.15, 0.2) is 12.4 Å². The maximum atomic E-state index is 12.9. The Labute approximate surface area is 149 Å². The zero-order valence-corrected chi connectivity index (χ0v) is 15.7. The van der Waals surface area contributed by atoms with Crippen molar-refractivity contribution in [1.29, 1.82) is 0 Å². The van der Waals surface area contributed by atoms with Gasteiger partial charge in [0, 0.05) is 38.3 Å². The minimum absolute atomic E-state index is 0.0772. The van der Waals surface area contributed by atoms with Crippen molar-refractivity contribution in [2.75, 3.05) is 19.6 Å². The van der Waals surface area contributed by atoms with Crippen LogP contribution in [-0.4, -0.2) is 62.7 Å². The largest absolute Gasteiger partial charge is 0.325 e. The maximum Gasteiger partial charge on any atom is 0.325 e. The number of carbonyl (C=O) groups excluding carboxylic acids is 2. The van der Waals surface area contributed by atoms with E-state index in [1.54, 1.807) is 0 Å². The molecule has 3 rings (SSSR count). The van der Waals surface area contributed by atoms with Gasteiger partial charge in [-0.25, -0.2) is 4.79 Å². The molecule has 0 unspecified atom stereocenters. The van der Waals surface area contributed by atoms with Crippen molar-refractivity contribution in [3.05, 3.63) is 18.0 Å². The topological polar surface area (TPSA) is 70.5 Å². The number of piperidine rings is 1. The highest BCUT2D eigenvalue weighted by atomic mass is 16.2. The van der Waals surface area contributed by atoms with Gasteiger partial charge in [0.2, 0.25) is 0 Å². The summed E-state index contributed by atoms with van der Waals surface area (Å²) in [4.78, 5) is 28.9. The van der Waals surface area contributed by atoms with E-state index in [2.05, 4.69) is 15.3 Å². The second-order valence-corrected chi connectivity index (χ2v) is 7.81. The second kappa shape index (κ2) is 6.78. The highest BCUT2D eigenvalue weighted by Gasteiger charge is 2.53. The highest BCUT2D eigenvalue weighted by molar-refractivity contribution is 6.07. The number of nitrogens with zero attached hydrogens (tertiary/aromatic N) is 4. The molecule has 3 amide bonds. The van der Waals surface area contributed by atoms with Gasteiger partial charge in [-0.1, -0.05) is 0 Å². The third-order valence-electron chi connectivity index (χ3n) is 5.56. The third-order valence-corrected chi connectivity index (χ3v) is 5.56. The van der Waals surface area contributed by atoms with Gasteiger partial charge in [-0.15, -0.1) is 0 Å². The van der Waals surface area contributed by atoms with Crippen LogP contribution >= 0.6 is 0 Å². The van der Waals surface area contributed by atoms with Gasteiger partial charge in [-0.2, -0.15) is 5.10 Å². The molecule has 25 heavy (non-hydrogen) atoms. The predicted molar refractivity (Wildman–Crippen MR) is 95.0 cm³/mol. The van der Waals surface area contributed by atoms with E-state index >= 15 is 0 Å². The normalized spacial score (nSPS) is 28.0. The molecule has 7 heteroatoms. The zero-order chi connectivity index (χ0) is 18.2. The summed E-state index contributed by atoms with van der Waals surface area (Å²) in [6.45, 7) is 8.49. The van der Waals surface area contributed by atoms with Crippen molar-refractivity contribution in [2.24, 2.45) is 13.0 Å². The maximum absolute atomic E-state index is 12.9. The van der Waals surface area contributed by atoms with Crippen molar-refractivity contribution in [3.63, 3.8) is 0 Å². The molecule has 2 atom stereocenters. The molecule has 1 aromatic rings. The van der Waals surface area contributed by atoms with Crippen LogP contribution in [0.2, 0.25) is 0 Å². The van der Waals surface area contributed by atoms with Gasteiger partial charge in [0.15, 0.2) is 0 Å². The number of carbonyl (C=O) groups is 2. The molecule has 1 aromatic heterocycles. The van der Waals surface area contributed by atoms with Crippen LogP contribution in [0.3, 0.4) is 0 Å². The number of likely N-dealkylation sites (tertiary alicyclic amines) is 1. The average molecular weight is 347 g/mol. The molecule has 0 bridgehead atoms. The summed E-state index contributed by atoms with van der Waals surface area (Å²) >= 11 is 0. The van der Waals surface area contributed by atoms with Gasteiger partial charge in [-0.05, 0) is 52.1 Å². The Morgan fingerprint density at radius 2 is 2.16 bits per heavy atom. The van der Waals surface area contributed by atoms with Gasteiger partial charge in [0.05, 0.1) is 6.20 Å². The van der Waals surface area contributed by atoms with Gasteiger partial charge < -0.3 is 10.2 Å². The summed E-state index contributed by atoms with van der Waals surface area (Å²) in [6.07, 6.45) is 6.93. The average Bonchev–Trinajstić information content (AvgIpc) is 3.07. The van der Waals surface area contributed by atoms with E-state index in [1.807, 2.05) is 44.9 Å². The summed E-state index contributed by atoms with van der Waals surface area (Å²) in [5.74, 6) is 0.0713. The number of urea groups is 1. The standard InChI is InChI=1S/C18H29N5O2/c1-13(2)23-16(24)18(3,20-17(23)25)15-6-5-8-22(12-15)9-7-14-10-19-21(4)11-14/h10-11,13,15H,5-9,12H2,1-4H3,(H,20,25)/t15-,18-/m1/s1. The minimum Gasteiger partial charge on any atom is -0.323 e. The van der Waals surface area contributed by atoms with E-state index < -0.39 is 5.54 Å². The van der Waals surface area contributed by atoms with Crippen molar-refractivity contribution in [3.8, 4) is 0 Å².